The van der Waals surface area contributed by atoms with Gasteiger partial charge in [-0.2, -0.15) is 13.2 Å². The molecule has 0 atom stereocenters. The fraction of sp³-hybridized carbons (Fsp3) is 0.111. The van der Waals surface area contributed by atoms with Gasteiger partial charge in [-0.3, -0.25) is 14.5 Å². The van der Waals surface area contributed by atoms with Gasteiger partial charge in [0, 0.05) is 6.54 Å². The second kappa shape index (κ2) is 5.96. The molecule has 6 heteroatoms. The molecule has 0 saturated heterocycles. The summed E-state index contributed by atoms with van der Waals surface area (Å²) in [6.45, 7) is 0.0629. The van der Waals surface area contributed by atoms with Gasteiger partial charge in [0.25, 0.3) is 11.8 Å². The zero-order valence-corrected chi connectivity index (χ0v) is 12.4. The van der Waals surface area contributed by atoms with Crippen molar-refractivity contribution < 1.29 is 22.8 Å². The lowest BCUT2D eigenvalue weighted by atomic mass is 10.1. The number of carbonyl (C=O) groups is 2. The largest absolute Gasteiger partial charge is 0.416 e. The first-order chi connectivity index (χ1) is 11.4. The van der Waals surface area contributed by atoms with Crippen LogP contribution in [0, 0.1) is 0 Å². The lowest BCUT2D eigenvalue weighted by Gasteiger charge is -2.10. The number of benzene rings is 2. The molecule has 1 aliphatic heterocycles. The highest BCUT2D eigenvalue weighted by atomic mass is 19.4. The average Bonchev–Trinajstić information content (AvgIpc) is 2.80. The monoisotopic (exact) mass is 331 g/mol. The van der Waals surface area contributed by atoms with Crippen molar-refractivity contribution in [1.29, 1.82) is 0 Å². The predicted octanol–water partition coefficient (Wildman–Crippen LogP) is 4.01. The normalized spacial score (nSPS) is 14.5. The zero-order chi connectivity index (χ0) is 17.3. The summed E-state index contributed by atoms with van der Waals surface area (Å²) in [6, 6.07) is 11.2. The Bertz CT molecular complexity index is 788. The summed E-state index contributed by atoms with van der Waals surface area (Å²) in [5, 5.41) is 0. The van der Waals surface area contributed by atoms with Crippen LogP contribution in [0.25, 0.3) is 6.08 Å². The molecule has 24 heavy (non-hydrogen) atoms. The molecule has 2 amide bonds. The molecular formula is C18H12F3NO2. The van der Waals surface area contributed by atoms with Gasteiger partial charge in [0.2, 0.25) is 0 Å². The van der Waals surface area contributed by atoms with Gasteiger partial charge >= 0.3 is 6.18 Å². The molecule has 0 spiro atoms. The van der Waals surface area contributed by atoms with Crippen LogP contribution in [0.2, 0.25) is 0 Å². The Morgan fingerprint density at radius 3 is 1.92 bits per heavy atom. The van der Waals surface area contributed by atoms with Crippen LogP contribution in [0.4, 0.5) is 13.2 Å². The molecule has 0 unspecified atom stereocenters. The number of hydrogen-bond donors (Lipinski definition) is 0. The Labute approximate surface area is 136 Å². The zero-order valence-electron chi connectivity index (χ0n) is 12.4. The number of halogens is 3. The van der Waals surface area contributed by atoms with E-state index in [-0.39, 0.29) is 18.4 Å². The van der Waals surface area contributed by atoms with Crippen molar-refractivity contribution in [3.05, 3.63) is 76.9 Å². The number of carbonyl (C=O) groups excluding carboxylic acids is 2. The minimum Gasteiger partial charge on any atom is -0.270 e. The Morgan fingerprint density at radius 1 is 0.875 bits per heavy atom. The van der Waals surface area contributed by atoms with E-state index in [0.717, 1.165) is 17.0 Å². The Morgan fingerprint density at radius 2 is 1.42 bits per heavy atom. The van der Waals surface area contributed by atoms with Crippen LogP contribution in [0.1, 0.15) is 31.8 Å². The Balaban J connectivity index is 1.69. The van der Waals surface area contributed by atoms with Crippen LogP contribution in [0.3, 0.4) is 0 Å². The molecule has 0 radical (unpaired) electrons. The van der Waals surface area contributed by atoms with E-state index < -0.39 is 11.7 Å². The number of fused-ring (bicyclic) bond motifs is 1. The maximum absolute atomic E-state index is 12.5. The van der Waals surface area contributed by atoms with Gasteiger partial charge in [-0.25, -0.2) is 0 Å². The highest BCUT2D eigenvalue weighted by Crippen LogP contribution is 2.29. The standard InChI is InChI=1S/C18H12F3NO2/c19-18(20,21)13-9-7-12(8-10-13)4-3-11-22-16(23)14-5-1-2-6-15(14)17(22)24/h1-10H,11H2. The smallest absolute Gasteiger partial charge is 0.270 e. The number of rotatable bonds is 3. The second-order valence-electron chi connectivity index (χ2n) is 5.29. The summed E-state index contributed by atoms with van der Waals surface area (Å²) in [7, 11) is 0. The number of amides is 2. The lowest BCUT2D eigenvalue weighted by Crippen LogP contribution is -2.29. The number of nitrogens with zero attached hydrogens (tertiary/aromatic N) is 1. The highest BCUT2D eigenvalue weighted by molar-refractivity contribution is 6.21. The van der Waals surface area contributed by atoms with E-state index >= 15 is 0 Å². The van der Waals surface area contributed by atoms with Crippen molar-refractivity contribution in [1.82, 2.24) is 4.90 Å². The number of imide groups is 1. The van der Waals surface area contributed by atoms with Crippen molar-refractivity contribution in [2.24, 2.45) is 0 Å². The predicted molar refractivity (Wildman–Crippen MR) is 82.3 cm³/mol. The first-order valence-corrected chi connectivity index (χ1v) is 7.17. The minimum absolute atomic E-state index is 0.0629. The first kappa shape index (κ1) is 16.0. The van der Waals surface area contributed by atoms with Crippen LogP contribution < -0.4 is 0 Å². The fourth-order valence-electron chi connectivity index (χ4n) is 2.48. The highest BCUT2D eigenvalue weighted by Gasteiger charge is 2.34. The average molecular weight is 331 g/mol. The summed E-state index contributed by atoms with van der Waals surface area (Å²) in [5.41, 5.74) is 0.565. The van der Waals surface area contributed by atoms with E-state index in [1.165, 1.54) is 12.1 Å². The fourth-order valence-corrected chi connectivity index (χ4v) is 2.48. The molecule has 0 saturated carbocycles. The molecule has 0 fully saturated rings. The minimum atomic E-state index is -4.37. The van der Waals surface area contributed by atoms with Gasteiger partial charge < -0.3 is 0 Å². The van der Waals surface area contributed by atoms with E-state index in [1.807, 2.05) is 0 Å². The van der Waals surface area contributed by atoms with Crippen molar-refractivity contribution in [3.63, 3.8) is 0 Å². The summed E-state index contributed by atoms with van der Waals surface area (Å²) in [5.74, 6) is -0.736. The molecule has 1 heterocycles. The summed E-state index contributed by atoms with van der Waals surface area (Å²) >= 11 is 0. The molecule has 2 aromatic rings. The maximum Gasteiger partial charge on any atom is 0.416 e. The van der Waals surface area contributed by atoms with Crippen molar-refractivity contribution in [2.75, 3.05) is 6.54 Å². The Hall–Kier alpha value is -2.89. The molecule has 3 rings (SSSR count). The van der Waals surface area contributed by atoms with Crippen molar-refractivity contribution in [3.8, 4) is 0 Å². The van der Waals surface area contributed by atoms with Crippen LogP contribution in [0.5, 0.6) is 0 Å². The van der Waals surface area contributed by atoms with Gasteiger partial charge in [0.15, 0.2) is 0 Å². The maximum atomic E-state index is 12.5. The SMILES string of the molecule is O=C1c2ccccc2C(=O)N1CC=Cc1ccc(C(F)(F)F)cc1. The van der Waals surface area contributed by atoms with E-state index in [4.69, 9.17) is 0 Å². The molecular weight excluding hydrogens is 319 g/mol. The van der Waals surface area contributed by atoms with Crippen molar-refractivity contribution >= 4 is 17.9 Å². The van der Waals surface area contributed by atoms with Gasteiger partial charge in [-0.15, -0.1) is 0 Å². The molecule has 2 aromatic carbocycles. The Kier molecular flexibility index (Phi) is 3.97. The third kappa shape index (κ3) is 2.95. The summed E-state index contributed by atoms with van der Waals surface area (Å²) < 4.78 is 37.5. The van der Waals surface area contributed by atoms with E-state index in [1.54, 1.807) is 36.4 Å². The molecule has 3 nitrogen and oxygen atoms in total. The van der Waals surface area contributed by atoms with Crippen molar-refractivity contribution in [2.45, 2.75) is 6.18 Å². The van der Waals surface area contributed by atoms with Crippen LogP contribution in [-0.4, -0.2) is 23.3 Å². The third-order valence-electron chi connectivity index (χ3n) is 3.71. The molecule has 0 aliphatic carbocycles. The van der Waals surface area contributed by atoms with E-state index in [0.29, 0.717) is 16.7 Å². The molecule has 0 aromatic heterocycles. The quantitative estimate of drug-likeness (QED) is 0.797. The van der Waals surface area contributed by atoms with E-state index in [2.05, 4.69) is 0 Å². The van der Waals surface area contributed by atoms with Gasteiger partial charge in [-0.05, 0) is 29.8 Å². The molecule has 0 N–H and O–H groups in total. The lowest BCUT2D eigenvalue weighted by molar-refractivity contribution is -0.137. The van der Waals surface area contributed by atoms with Crippen LogP contribution in [0.15, 0.2) is 54.6 Å². The van der Waals surface area contributed by atoms with Gasteiger partial charge in [0.1, 0.15) is 0 Å². The van der Waals surface area contributed by atoms with Crippen LogP contribution in [-0.2, 0) is 6.18 Å². The van der Waals surface area contributed by atoms with E-state index in [9.17, 15) is 22.8 Å². The number of hydrogen-bond acceptors (Lipinski definition) is 2. The van der Waals surface area contributed by atoms with Gasteiger partial charge in [0.05, 0.1) is 16.7 Å². The number of alkyl halides is 3. The second-order valence-corrected chi connectivity index (χ2v) is 5.29. The summed E-state index contributed by atoms with van der Waals surface area (Å²) in [6.07, 6.45) is -1.23. The first-order valence-electron chi connectivity index (χ1n) is 7.17. The summed E-state index contributed by atoms with van der Waals surface area (Å²) in [4.78, 5) is 25.4. The van der Waals surface area contributed by atoms with Gasteiger partial charge in [-0.1, -0.05) is 36.4 Å². The molecule has 0 bridgehead atoms. The molecule has 1 aliphatic rings. The molecule has 122 valence electrons. The third-order valence-corrected chi connectivity index (χ3v) is 3.71. The topological polar surface area (TPSA) is 37.4 Å². The van der Waals surface area contributed by atoms with Crippen LogP contribution >= 0.6 is 0 Å².